The molecule has 0 spiro atoms. The summed E-state index contributed by atoms with van der Waals surface area (Å²) in [6.45, 7) is 15.8. The van der Waals surface area contributed by atoms with Crippen LogP contribution in [0.3, 0.4) is 0 Å². The minimum atomic E-state index is -0.932. The first kappa shape index (κ1) is 32.0. The fraction of sp³-hybridized carbons (Fsp3) is 0.760. The Morgan fingerprint density at radius 3 is 1.63 bits per heavy atom. The van der Waals surface area contributed by atoms with Gasteiger partial charge in [-0.2, -0.15) is 0 Å². The van der Waals surface area contributed by atoms with Gasteiger partial charge in [0.05, 0.1) is 0 Å². The van der Waals surface area contributed by atoms with Crippen LogP contribution < -0.4 is 16.0 Å². The molecule has 0 aromatic rings. The summed E-state index contributed by atoms with van der Waals surface area (Å²) in [5, 5.41) is 7.75. The van der Waals surface area contributed by atoms with Crippen molar-refractivity contribution in [2.75, 3.05) is 6.54 Å². The fourth-order valence-corrected chi connectivity index (χ4v) is 2.66. The molecule has 0 saturated heterocycles. The molecule has 10 nitrogen and oxygen atoms in total. The molecule has 0 saturated carbocycles. The van der Waals surface area contributed by atoms with E-state index >= 15 is 0 Å². The number of nitrogens with one attached hydrogen (secondary N) is 3. The number of terminal acetylenes is 1. The summed E-state index contributed by atoms with van der Waals surface area (Å²) in [6, 6.07) is -1.83. The van der Waals surface area contributed by atoms with Gasteiger partial charge >= 0.3 is 18.2 Å². The van der Waals surface area contributed by atoms with E-state index in [0.717, 1.165) is 0 Å². The summed E-state index contributed by atoms with van der Waals surface area (Å²) < 4.78 is 15.8. The van der Waals surface area contributed by atoms with Crippen molar-refractivity contribution in [1.82, 2.24) is 16.0 Å². The lowest BCUT2D eigenvalue weighted by Crippen LogP contribution is -2.48. The molecule has 0 aliphatic heterocycles. The molecule has 0 aromatic carbocycles. The van der Waals surface area contributed by atoms with E-state index in [2.05, 4.69) is 21.9 Å². The number of esters is 1. The highest BCUT2D eigenvalue weighted by Crippen LogP contribution is 2.13. The van der Waals surface area contributed by atoms with Gasteiger partial charge in [0.15, 0.2) is 0 Å². The Labute approximate surface area is 209 Å². The Morgan fingerprint density at radius 2 is 1.20 bits per heavy atom. The second kappa shape index (κ2) is 13.8. The highest BCUT2D eigenvalue weighted by Gasteiger charge is 2.28. The molecule has 200 valence electrons. The van der Waals surface area contributed by atoms with E-state index in [9.17, 15) is 19.2 Å². The number of hydrogen-bond acceptors (Lipinski definition) is 7. The highest BCUT2D eigenvalue weighted by atomic mass is 16.6. The van der Waals surface area contributed by atoms with E-state index in [1.54, 1.807) is 62.3 Å². The van der Waals surface area contributed by atoms with Crippen LogP contribution in [0.1, 0.15) is 88.0 Å². The van der Waals surface area contributed by atoms with Gasteiger partial charge in [0.2, 0.25) is 5.91 Å². The van der Waals surface area contributed by atoms with Crippen molar-refractivity contribution in [3.63, 3.8) is 0 Å². The Hall–Kier alpha value is -2.96. The van der Waals surface area contributed by atoms with Gasteiger partial charge in [0, 0.05) is 13.0 Å². The predicted molar refractivity (Wildman–Crippen MR) is 132 cm³/mol. The number of carbonyl (C=O) groups excluding carboxylic acids is 4. The van der Waals surface area contributed by atoms with Crippen molar-refractivity contribution >= 4 is 24.1 Å². The number of unbranched alkanes of at least 4 members (excludes halogenated alkanes) is 1. The lowest BCUT2D eigenvalue weighted by Gasteiger charge is -2.26. The Kier molecular flexibility index (Phi) is 12.6. The molecular formula is C25H43N3O7. The zero-order chi connectivity index (χ0) is 27.4. The second-order valence-electron chi connectivity index (χ2n) is 11.1. The lowest BCUT2D eigenvalue weighted by atomic mass is 10.1. The molecule has 3 N–H and O–H groups in total. The van der Waals surface area contributed by atoms with E-state index in [1.165, 1.54) is 0 Å². The zero-order valence-electron chi connectivity index (χ0n) is 22.6. The number of rotatable bonds is 10. The maximum Gasteiger partial charge on any atom is 0.408 e. The summed E-state index contributed by atoms with van der Waals surface area (Å²) in [7, 11) is 0. The van der Waals surface area contributed by atoms with E-state index in [1.807, 2.05) is 0 Å². The summed E-state index contributed by atoms with van der Waals surface area (Å²) in [6.07, 6.45) is 5.17. The Bertz CT molecular complexity index is 768. The van der Waals surface area contributed by atoms with Crippen molar-refractivity contribution in [3.8, 4) is 12.3 Å². The van der Waals surface area contributed by atoms with Crippen LogP contribution in [0.5, 0.6) is 0 Å². The first-order valence-electron chi connectivity index (χ1n) is 11.8. The van der Waals surface area contributed by atoms with Gasteiger partial charge in [-0.05, 0) is 81.6 Å². The van der Waals surface area contributed by atoms with Crippen molar-refractivity contribution in [1.29, 1.82) is 0 Å². The molecule has 0 aliphatic rings. The number of ether oxygens (including phenoxy) is 3. The summed E-state index contributed by atoms with van der Waals surface area (Å²) >= 11 is 0. The van der Waals surface area contributed by atoms with Crippen LogP contribution in [-0.2, 0) is 23.8 Å². The number of carbonyl (C=O) groups is 4. The van der Waals surface area contributed by atoms with Gasteiger partial charge < -0.3 is 30.2 Å². The number of alkyl carbamates (subject to hydrolysis) is 2. The summed E-state index contributed by atoms with van der Waals surface area (Å²) in [4.78, 5) is 49.1. The monoisotopic (exact) mass is 497 g/mol. The fourth-order valence-electron chi connectivity index (χ4n) is 2.66. The molecule has 2 atom stereocenters. The van der Waals surface area contributed by atoms with Crippen LogP contribution in [0.25, 0.3) is 0 Å². The van der Waals surface area contributed by atoms with Crippen LogP contribution in [0.15, 0.2) is 0 Å². The average Bonchev–Trinajstić information content (AvgIpc) is 2.61. The SMILES string of the molecule is C#CC[C@H](NC(=O)OC(C)(C)C)C(=O)NCCCC[C@H](NC(=O)OC(C)(C)C)C(=O)OC(C)(C)C. The van der Waals surface area contributed by atoms with Gasteiger partial charge in [0.25, 0.3) is 0 Å². The molecule has 0 heterocycles. The quantitative estimate of drug-likeness (QED) is 0.182. The van der Waals surface area contributed by atoms with E-state index in [0.29, 0.717) is 12.8 Å². The number of hydrogen-bond donors (Lipinski definition) is 3. The maximum atomic E-state index is 12.6. The molecule has 10 heteroatoms. The van der Waals surface area contributed by atoms with Crippen LogP contribution in [0.4, 0.5) is 9.59 Å². The lowest BCUT2D eigenvalue weighted by molar-refractivity contribution is -0.157. The molecular weight excluding hydrogens is 454 g/mol. The standard InChI is InChI=1S/C25H43N3O7/c1-11-14-17(27-21(31)34-24(5,6)7)19(29)26-16-13-12-15-18(20(30)33-23(2,3)4)28-22(32)35-25(8,9)10/h1,17-18H,12-16H2,2-10H3,(H,26,29)(H,27,31)(H,28,32)/t17-,18-/m0/s1. The minimum Gasteiger partial charge on any atom is -0.458 e. The van der Waals surface area contributed by atoms with Gasteiger partial charge in [-0.25, -0.2) is 14.4 Å². The maximum absolute atomic E-state index is 12.6. The van der Waals surface area contributed by atoms with Gasteiger partial charge in [-0.15, -0.1) is 12.3 Å². The summed E-state index contributed by atoms with van der Waals surface area (Å²) in [5.41, 5.74) is -2.14. The van der Waals surface area contributed by atoms with E-state index in [-0.39, 0.29) is 19.4 Å². The molecule has 0 aliphatic carbocycles. The molecule has 0 aromatic heterocycles. The third-order valence-electron chi connectivity index (χ3n) is 3.93. The van der Waals surface area contributed by atoms with Crippen molar-refractivity contribution < 1.29 is 33.4 Å². The first-order valence-corrected chi connectivity index (χ1v) is 11.8. The van der Waals surface area contributed by atoms with Crippen molar-refractivity contribution in [2.24, 2.45) is 0 Å². The smallest absolute Gasteiger partial charge is 0.408 e. The molecule has 0 radical (unpaired) electrons. The van der Waals surface area contributed by atoms with Crippen LogP contribution in [0.2, 0.25) is 0 Å². The van der Waals surface area contributed by atoms with Gasteiger partial charge in [-0.1, -0.05) is 0 Å². The number of amides is 3. The molecule has 0 unspecified atom stereocenters. The van der Waals surface area contributed by atoms with Gasteiger partial charge in [0.1, 0.15) is 28.9 Å². The van der Waals surface area contributed by atoms with Crippen LogP contribution in [-0.4, -0.2) is 59.5 Å². The minimum absolute atomic E-state index is 0.00556. The molecule has 0 rings (SSSR count). The third kappa shape index (κ3) is 17.2. The largest absolute Gasteiger partial charge is 0.458 e. The van der Waals surface area contributed by atoms with Crippen LogP contribution >= 0.6 is 0 Å². The Morgan fingerprint density at radius 1 is 0.743 bits per heavy atom. The third-order valence-corrected chi connectivity index (χ3v) is 3.93. The zero-order valence-corrected chi connectivity index (χ0v) is 22.6. The van der Waals surface area contributed by atoms with E-state index < -0.39 is 52.9 Å². The first-order chi connectivity index (χ1) is 15.8. The highest BCUT2D eigenvalue weighted by molar-refractivity contribution is 5.86. The molecule has 3 amide bonds. The molecule has 0 fully saturated rings. The predicted octanol–water partition coefficient (Wildman–Crippen LogP) is 3.42. The molecule has 35 heavy (non-hydrogen) atoms. The Balaban J connectivity index is 4.82. The average molecular weight is 498 g/mol. The second-order valence-corrected chi connectivity index (χ2v) is 11.1. The summed E-state index contributed by atoms with van der Waals surface area (Å²) in [5.74, 6) is 1.36. The van der Waals surface area contributed by atoms with Crippen LogP contribution in [0, 0.1) is 12.3 Å². The van der Waals surface area contributed by atoms with Crippen molar-refractivity contribution in [3.05, 3.63) is 0 Å². The topological polar surface area (TPSA) is 132 Å². The molecule has 0 bridgehead atoms. The van der Waals surface area contributed by atoms with Gasteiger partial charge in [-0.3, -0.25) is 4.79 Å². The van der Waals surface area contributed by atoms with E-state index in [4.69, 9.17) is 20.6 Å². The normalized spacial score (nSPS) is 13.5. The van der Waals surface area contributed by atoms with Crippen molar-refractivity contribution in [2.45, 2.75) is 117 Å².